The van der Waals surface area contributed by atoms with E-state index in [4.69, 9.17) is 0 Å². The Labute approximate surface area is 132 Å². The molecule has 4 atom stereocenters. The lowest BCUT2D eigenvalue weighted by Gasteiger charge is -2.21. The highest BCUT2D eigenvalue weighted by Gasteiger charge is 2.73. The second-order valence-electron chi connectivity index (χ2n) is 6.92. The van der Waals surface area contributed by atoms with Crippen molar-refractivity contribution >= 4 is 17.7 Å². The Balaban J connectivity index is 1.42. The fourth-order valence-electron chi connectivity index (χ4n) is 4.85. The molecule has 5 rings (SSSR count). The predicted octanol–water partition coefficient (Wildman–Crippen LogP) is 0.924. The van der Waals surface area contributed by atoms with Crippen molar-refractivity contribution in [1.82, 2.24) is 15.4 Å². The van der Waals surface area contributed by atoms with Crippen molar-refractivity contribution in [2.24, 2.45) is 29.1 Å². The van der Waals surface area contributed by atoms with Gasteiger partial charge in [0, 0.05) is 12.4 Å². The van der Waals surface area contributed by atoms with E-state index in [9.17, 15) is 14.4 Å². The Morgan fingerprint density at radius 1 is 1.17 bits per heavy atom. The SMILES string of the molecule is O=C(NN1C(=O)[C@@H]2[C@H](C1=O)[C@@H]1C=C[C@@H]2C12CC2)c1cccnc1. The standard InChI is InChI=1S/C17H15N3O3/c21-14(9-2-1-7-18-8-9)19-20-15(22)12-10-3-4-11(13(12)16(20)23)17(10)5-6-17/h1-4,7-8,10-13H,5-6H2,(H,19,21)/t10-,11-,12-,13+/m0/s1. The molecule has 4 aliphatic rings. The van der Waals surface area contributed by atoms with E-state index in [1.54, 1.807) is 18.3 Å². The van der Waals surface area contributed by atoms with Gasteiger partial charge >= 0.3 is 0 Å². The molecule has 0 radical (unpaired) electrons. The maximum Gasteiger partial charge on any atom is 0.271 e. The predicted molar refractivity (Wildman–Crippen MR) is 78.3 cm³/mol. The van der Waals surface area contributed by atoms with Crippen LogP contribution >= 0.6 is 0 Å². The summed E-state index contributed by atoms with van der Waals surface area (Å²) in [6.45, 7) is 0. The first kappa shape index (κ1) is 13.0. The summed E-state index contributed by atoms with van der Waals surface area (Å²) in [5.41, 5.74) is 2.96. The number of imide groups is 1. The minimum absolute atomic E-state index is 0.161. The van der Waals surface area contributed by atoms with Crippen molar-refractivity contribution < 1.29 is 14.4 Å². The van der Waals surface area contributed by atoms with E-state index in [2.05, 4.69) is 22.6 Å². The molecule has 0 unspecified atom stereocenters. The first-order chi connectivity index (χ1) is 11.1. The largest absolute Gasteiger partial charge is 0.272 e. The van der Waals surface area contributed by atoms with Gasteiger partial charge in [0.05, 0.1) is 17.4 Å². The normalized spacial score (nSPS) is 35.0. The molecule has 2 bridgehead atoms. The van der Waals surface area contributed by atoms with Crippen LogP contribution in [0.1, 0.15) is 23.2 Å². The monoisotopic (exact) mass is 309 g/mol. The van der Waals surface area contributed by atoms with Gasteiger partial charge in [-0.05, 0) is 42.2 Å². The third kappa shape index (κ3) is 1.48. The van der Waals surface area contributed by atoms with Gasteiger partial charge in [0.15, 0.2) is 0 Å². The second kappa shape index (κ2) is 4.07. The molecule has 2 heterocycles. The third-order valence-electron chi connectivity index (χ3n) is 5.99. The van der Waals surface area contributed by atoms with Crippen molar-refractivity contribution in [2.45, 2.75) is 12.8 Å². The van der Waals surface area contributed by atoms with E-state index < -0.39 is 5.91 Å². The van der Waals surface area contributed by atoms with Gasteiger partial charge in [-0.2, -0.15) is 5.01 Å². The van der Waals surface area contributed by atoms with E-state index in [-0.39, 0.29) is 40.9 Å². The zero-order valence-electron chi connectivity index (χ0n) is 12.3. The zero-order valence-corrected chi connectivity index (χ0v) is 12.3. The van der Waals surface area contributed by atoms with Crippen LogP contribution < -0.4 is 5.43 Å². The molecule has 116 valence electrons. The molecule has 1 saturated heterocycles. The van der Waals surface area contributed by atoms with Gasteiger partial charge in [-0.1, -0.05) is 12.2 Å². The van der Waals surface area contributed by atoms with Crippen molar-refractivity contribution in [3.63, 3.8) is 0 Å². The highest BCUT2D eigenvalue weighted by atomic mass is 16.2. The number of pyridine rings is 1. The fraction of sp³-hybridized carbons (Fsp3) is 0.412. The summed E-state index contributed by atoms with van der Waals surface area (Å²) in [6.07, 6.45) is 9.39. The summed E-state index contributed by atoms with van der Waals surface area (Å²) in [5.74, 6) is -1.28. The van der Waals surface area contributed by atoms with Gasteiger partial charge in [0.1, 0.15) is 0 Å². The lowest BCUT2D eigenvalue weighted by Crippen LogP contribution is -2.47. The number of carbonyl (C=O) groups is 3. The average Bonchev–Trinajstić information content (AvgIpc) is 3.18. The Kier molecular flexibility index (Phi) is 2.30. The molecule has 6 heteroatoms. The molecular formula is C17H15N3O3. The van der Waals surface area contributed by atoms with Crippen LogP contribution in [0.5, 0.6) is 0 Å². The average molecular weight is 309 g/mol. The molecule has 3 aliphatic carbocycles. The van der Waals surface area contributed by atoms with Gasteiger partial charge in [-0.15, -0.1) is 0 Å². The molecule has 3 fully saturated rings. The van der Waals surface area contributed by atoms with Crippen molar-refractivity contribution in [2.75, 3.05) is 0 Å². The molecule has 1 aliphatic heterocycles. The van der Waals surface area contributed by atoms with Crippen molar-refractivity contribution in [3.05, 3.63) is 42.2 Å². The number of aromatic nitrogens is 1. The van der Waals surface area contributed by atoms with E-state index >= 15 is 0 Å². The maximum absolute atomic E-state index is 12.7. The molecule has 3 amide bonds. The number of amides is 3. The summed E-state index contributed by atoms with van der Waals surface area (Å²) in [4.78, 5) is 41.5. The minimum Gasteiger partial charge on any atom is -0.272 e. The Morgan fingerprint density at radius 3 is 2.35 bits per heavy atom. The van der Waals surface area contributed by atoms with Crippen molar-refractivity contribution in [1.29, 1.82) is 0 Å². The molecule has 0 aromatic carbocycles. The number of nitrogens with one attached hydrogen (secondary N) is 1. The number of hydrogen-bond acceptors (Lipinski definition) is 4. The topological polar surface area (TPSA) is 79.4 Å². The Bertz CT molecular complexity index is 735. The van der Waals surface area contributed by atoms with Crippen LogP contribution in [0.25, 0.3) is 0 Å². The lowest BCUT2D eigenvalue weighted by atomic mass is 9.85. The maximum atomic E-state index is 12.7. The van der Waals surface area contributed by atoms with Crippen LogP contribution in [0, 0.1) is 29.1 Å². The summed E-state index contributed by atoms with van der Waals surface area (Å²) in [5, 5.41) is 0.937. The van der Waals surface area contributed by atoms with E-state index in [1.165, 1.54) is 6.20 Å². The fourth-order valence-corrected chi connectivity index (χ4v) is 4.85. The van der Waals surface area contributed by atoms with E-state index in [0.717, 1.165) is 17.9 Å². The summed E-state index contributed by atoms with van der Waals surface area (Å²) >= 11 is 0. The van der Waals surface area contributed by atoms with E-state index in [0.29, 0.717) is 5.56 Å². The third-order valence-corrected chi connectivity index (χ3v) is 5.99. The van der Waals surface area contributed by atoms with Crippen molar-refractivity contribution in [3.8, 4) is 0 Å². The number of hydrogen-bond donors (Lipinski definition) is 1. The lowest BCUT2D eigenvalue weighted by molar-refractivity contribution is -0.144. The van der Waals surface area contributed by atoms with Gasteiger partial charge in [0.2, 0.25) is 0 Å². The Hall–Kier alpha value is -2.50. The molecule has 1 aromatic rings. The van der Waals surface area contributed by atoms with Crippen LogP contribution in [-0.4, -0.2) is 27.7 Å². The second-order valence-corrected chi connectivity index (χ2v) is 6.92. The first-order valence-electron chi connectivity index (χ1n) is 7.91. The summed E-state index contributed by atoms with van der Waals surface area (Å²) < 4.78 is 0. The molecule has 1 spiro atoms. The van der Waals surface area contributed by atoms with Crippen LogP contribution in [0.3, 0.4) is 0 Å². The highest BCUT2D eigenvalue weighted by Crippen LogP contribution is 2.73. The van der Waals surface area contributed by atoms with Crippen LogP contribution in [-0.2, 0) is 9.59 Å². The van der Waals surface area contributed by atoms with Crippen LogP contribution in [0.15, 0.2) is 36.7 Å². The molecule has 2 saturated carbocycles. The number of hydrazine groups is 1. The van der Waals surface area contributed by atoms with Gasteiger partial charge in [-0.25, -0.2) is 0 Å². The van der Waals surface area contributed by atoms with E-state index in [1.807, 2.05) is 0 Å². The number of rotatable bonds is 2. The van der Waals surface area contributed by atoms with Crippen LogP contribution in [0.2, 0.25) is 0 Å². The summed E-state index contributed by atoms with van der Waals surface area (Å²) in [7, 11) is 0. The van der Waals surface area contributed by atoms with Gasteiger partial charge in [0.25, 0.3) is 17.7 Å². The Morgan fingerprint density at radius 2 is 1.83 bits per heavy atom. The number of nitrogens with zero attached hydrogens (tertiary/aromatic N) is 2. The highest BCUT2D eigenvalue weighted by molar-refractivity contribution is 6.09. The first-order valence-corrected chi connectivity index (χ1v) is 7.91. The number of fused-ring (bicyclic) bond motifs is 3. The number of carbonyl (C=O) groups excluding carboxylic acids is 3. The molecular weight excluding hydrogens is 294 g/mol. The smallest absolute Gasteiger partial charge is 0.271 e. The summed E-state index contributed by atoms with van der Waals surface area (Å²) in [6, 6.07) is 3.23. The molecule has 1 N–H and O–H groups in total. The molecule has 23 heavy (non-hydrogen) atoms. The van der Waals surface area contributed by atoms with Crippen LogP contribution in [0.4, 0.5) is 0 Å². The zero-order chi connectivity index (χ0) is 15.8. The molecule has 1 aromatic heterocycles. The van der Waals surface area contributed by atoms with Gasteiger partial charge in [-0.3, -0.25) is 24.8 Å². The minimum atomic E-state index is -0.485. The number of allylic oxidation sites excluding steroid dienone is 2. The van der Waals surface area contributed by atoms with Gasteiger partial charge < -0.3 is 0 Å². The quantitative estimate of drug-likeness (QED) is 0.651. The molecule has 6 nitrogen and oxygen atoms in total.